The Morgan fingerprint density at radius 3 is 2.54 bits per heavy atom. The molecule has 4 atom stereocenters. The number of carbonyl (C=O) groups is 2. The smallest absolute Gasteiger partial charge is 0.324 e. The van der Waals surface area contributed by atoms with E-state index in [-0.39, 0.29) is 11.7 Å². The van der Waals surface area contributed by atoms with Gasteiger partial charge in [-0.1, -0.05) is 17.7 Å². The molecule has 12 nitrogen and oxygen atoms in total. The van der Waals surface area contributed by atoms with Gasteiger partial charge in [0.15, 0.2) is 35.1 Å². The van der Waals surface area contributed by atoms with Crippen LogP contribution in [-0.2, 0) is 19.0 Å². The molecule has 0 spiro atoms. The van der Waals surface area contributed by atoms with Gasteiger partial charge in [0.05, 0.1) is 6.33 Å². The van der Waals surface area contributed by atoms with Crippen LogP contribution < -0.4 is 16.0 Å². The molecule has 2 fully saturated rings. The summed E-state index contributed by atoms with van der Waals surface area (Å²) in [7, 11) is 0. The Kier molecular flexibility index (Phi) is 5.87. The molecular formula is C23H27N7O5. The molecule has 184 valence electrons. The molecule has 0 unspecified atom stereocenters. The van der Waals surface area contributed by atoms with Crippen molar-refractivity contribution in [3.05, 3.63) is 42.5 Å². The number of urea groups is 1. The summed E-state index contributed by atoms with van der Waals surface area (Å²) in [6, 6.07) is 6.96. The van der Waals surface area contributed by atoms with Gasteiger partial charge in [0.1, 0.15) is 18.5 Å². The number of aryl methyl sites for hydroxylation is 1. The van der Waals surface area contributed by atoms with Crippen LogP contribution in [0.5, 0.6) is 0 Å². The molecule has 0 radical (unpaired) electrons. The molecule has 2 saturated heterocycles. The third-order valence-corrected chi connectivity index (χ3v) is 5.81. The second-order valence-electron chi connectivity index (χ2n) is 8.90. The average molecular weight is 482 g/mol. The molecule has 4 heterocycles. The van der Waals surface area contributed by atoms with Gasteiger partial charge in [0.25, 0.3) is 5.91 Å². The Labute approximate surface area is 201 Å². The summed E-state index contributed by atoms with van der Waals surface area (Å²) in [6.07, 6.45) is 0.113. The summed E-state index contributed by atoms with van der Waals surface area (Å²) in [6.45, 7) is 7.85. The topological polar surface area (TPSA) is 142 Å². The van der Waals surface area contributed by atoms with Gasteiger partial charge in [0.2, 0.25) is 0 Å². The highest BCUT2D eigenvalue weighted by Crippen LogP contribution is 2.44. The van der Waals surface area contributed by atoms with E-state index in [9.17, 15) is 9.59 Å². The number of carbonyl (C=O) groups excluding carboxylic acids is 2. The molecule has 12 heteroatoms. The first kappa shape index (κ1) is 23.1. The molecule has 2 aromatic heterocycles. The first-order valence-electron chi connectivity index (χ1n) is 11.4. The van der Waals surface area contributed by atoms with Crippen LogP contribution in [0.4, 0.5) is 16.3 Å². The van der Waals surface area contributed by atoms with Gasteiger partial charge in [-0.25, -0.2) is 19.7 Å². The fourth-order valence-electron chi connectivity index (χ4n) is 4.32. The highest BCUT2D eigenvalue weighted by Gasteiger charge is 2.58. The third kappa shape index (κ3) is 4.43. The summed E-state index contributed by atoms with van der Waals surface area (Å²) >= 11 is 0. The van der Waals surface area contributed by atoms with Gasteiger partial charge >= 0.3 is 6.03 Å². The number of imidazole rings is 1. The van der Waals surface area contributed by atoms with E-state index in [4.69, 9.17) is 14.2 Å². The summed E-state index contributed by atoms with van der Waals surface area (Å²) in [5, 5.41) is 8.26. The number of ether oxygens (including phenoxy) is 3. The van der Waals surface area contributed by atoms with Gasteiger partial charge in [-0.05, 0) is 39.8 Å². The van der Waals surface area contributed by atoms with Crippen LogP contribution in [0.3, 0.4) is 0 Å². The average Bonchev–Trinajstić information content (AvgIpc) is 3.46. The largest absolute Gasteiger partial charge is 0.354 e. The first-order valence-corrected chi connectivity index (χ1v) is 11.4. The zero-order valence-corrected chi connectivity index (χ0v) is 19.8. The van der Waals surface area contributed by atoms with E-state index in [0.717, 1.165) is 5.56 Å². The molecule has 2 aliphatic heterocycles. The maximum Gasteiger partial charge on any atom is 0.324 e. The van der Waals surface area contributed by atoms with Crippen molar-refractivity contribution in [2.24, 2.45) is 0 Å². The monoisotopic (exact) mass is 481 g/mol. The van der Waals surface area contributed by atoms with Crippen LogP contribution in [0, 0.1) is 6.92 Å². The highest BCUT2D eigenvalue weighted by atomic mass is 16.8. The second-order valence-corrected chi connectivity index (χ2v) is 8.90. The Balaban J connectivity index is 1.40. The van der Waals surface area contributed by atoms with Crippen LogP contribution in [0.15, 0.2) is 36.9 Å². The third-order valence-electron chi connectivity index (χ3n) is 5.81. The van der Waals surface area contributed by atoms with E-state index in [2.05, 4.69) is 30.9 Å². The number of aromatic nitrogens is 4. The van der Waals surface area contributed by atoms with E-state index in [0.29, 0.717) is 23.4 Å². The molecule has 0 saturated carbocycles. The van der Waals surface area contributed by atoms with E-state index in [1.165, 1.54) is 12.7 Å². The van der Waals surface area contributed by atoms with E-state index < -0.39 is 36.4 Å². The summed E-state index contributed by atoms with van der Waals surface area (Å²) in [4.78, 5) is 38.1. The van der Waals surface area contributed by atoms with Gasteiger partial charge in [-0.2, -0.15) is 0 Å². The predicted molar refractivity (Wildman–Crippen MR) is 126 cm³/mol. The van der Waals surface area contributed by atoms with Crippen molar-refractivity contribution in [3.8, 4) is 0 Å². The Hall–Kier alpha value is -3.61. The number of rotatable bonds is 5. The minimum Gasteiger partial charge on any atom is -0.354 e. The molecule has 5 rings (SSSR count). The molecule has 1 aromatic carbocycles. The summed E-state index contributed by atoms with van der Waals surface area (Å²) in [5.41, 5.74) is 2.52. The van der Waals surface area contributed by atoms with E-state index in [1.54, 1.807) is 18.4 Å². The Morgan fingerprint density at radius 2 is 1.80 bits per heavy atom. The van der Waals surface area contributed by atoms with Crippen molar-refractivity contribution in [2.45, 2.75) is 58.0 Å². The Bertz CT molecular complexity index is 1260. The standard InChI is InChI=1S/C23H27N7O5/c1-5-24-20(31)16-15-17(35-23(3,4)34-15)21(33-16)30-11-27-14-18(25-10-26-19(14)30)29-22(32)28-13-8-6-12(2)7-9-13/h6-11,15-17,21H,5H2,1-4H3,(H,24,31)(H2,25,26,28,29,32)/t15-,16+,17-,21-/m1/s1. The second kappa shape index (κ2) is 8.87. The minimum absolute atomic E-state index is 0.233. The van der Waals surface area contributed by atoms with Gasteiger partial charge in [0, 0.05) is 12.2 Å². The SMILES string of the molecule is CCNC(=O)[C@H]1O[C@@H](n2cnc3c(NC(=O)Nc4ccc(C)cc4)ncnc32)[C@@H]2OC(C)(C)O[C@@H]21. The van der Waals surface area contributed by atoms with Crippen LogP contribution in [-0.4, -0.2) is 62.1 Å². The van der Waals surface area contributed by atoms with Crippen molar-refractivity contribution in [3.63, 3.8) is 0 Å². The van der Waals surface area contributed by atoms with Crippen molar-refractivity contribution in [1.29, 1.82) is 0 Å². The Morgan fingerprint density at radius 1 is 1.06 bits per heavy atom. The molecule has 2 aliphatic rings. The fraction of sp³-hybridized carbons (Fsp3) is 0.435. The maximum absolute atomic E-state index is 12.6. The van der Waals surface area contributed by atoms with Gasteiger partial charge in [-0.3, -0.25) is 14.7 Å². The van der Waals surface area contributed by atoms with Crippen LogP contribution in [0.1, 0.15) is 32.6 Å². The lowest BCUT2D eigenvalue weighted by atomic mass is 10.1. The lowest BCUT2D eigenvalue weighted by Gasteiger charge is -2.24. The number of hydrogen-bond donors (Lipinski definition) is 3. The van der Waals surface area contributed by atoms with Crippen LogP contribution in [0.2, 0.25) is 0 Å². The normalized spacial score (nSPS) is 24.8. The van der Waals surface area contributed by atoms with Crippen molar-refractivity contribution in [2.75, 3.05) is 17.2 Å². The molecular weight excluding hydrogens is 454 g/mol. The number of nitrogens with zero attached hydrogens (tertiary/aromatic N) is 4. The van der Waals surface area contributed by atoms with E-state index in [1.807, 2.05) is 38.1 Å². The molecule has 3 aromatic rings. The number of anilines is 2. The highest BCUT2D eigenvalue weighted by molar-refractivity contribution is 6.02. The van der Waals surface area contributed by atoms with Crippen molar-refractivity contribution < 1.29 is 23.8 Å². The molecule has 35 heavy (non-hydrogen) atoms. The zero-order valence-electron chi connectivity index (χ0n) is 19.8. The van der Waals surface area contributed by atoms with Gasteiger partial charge < -0.3 is 24.8 Å². The fourth-order valence-corrected chi connectivity index (χ4v) is 4.32. The number of fused-ring (bicyclic) bond motifs is 2. The quantitative estimate of drug-likeness (QED) is 0.504. The molecule has 3 N–H and O–H groups in total. The number of nitrogens with one attached hydrogen (secondary N) is 3. The van der Waals surface area contributed by atoms with Gasteiger partial charge in [-0.15, -0.1) is 0 Å². The first-order chi connectivity index (χ1) is 16.8. The lowest BCUT2D eigenvalue weighted by molar-refractivity contribution is -0.197. The zero-order chi connectivity index (χ0) is 24.7. The van der Waals surface area contributed by atoms with E-state index >= 15 is 0 Å². The van der Waals surface area contributed by atoms with Crippen molar-refractivity contribution in [1.82, 2.24) is 24.8 Å². The van der Waals surface area contributed by atoms with Crippen LogP contribution >= 0.6 is 0 Å². The number of likely N-dealkylation sites (N-methyl/N-ethyl adjacent to an activating group) is 1. The molecule has 0 bridgehead atoms. The lowest BCUT2D eigenvalue weighted by Crippen LogP contribution is -2.42. The van der Waals surface area contributed by atoms with Crippen molar-refractivity contribution >= 4 is 34.6 Å². The number of hydrogen-bond acceptors (Lipinski definition) is 8. The molecule has 0 aliphatic carbocycles. The predicted octanol–water partition coefficient (Wildman–Crippen LogP) is 2.33. The number of amides is 3. The summed E-state index contributed by atoms with van der Waals surface area (Å²) < 4.78 is 19.8. The molecule has 3 amide bonds. The minimum atomic E-state index is -0.881. The summed E-state index contributed by atoms with van der Waals surface area (Å²) in [5.74, 6) is -0.925. The number of benzene rings is 1. The van der Waals surface area contributed by atoms with Crippen LogP contribution in [0.25, 0.3) is 11.2 Å². The maximum atomic E-state index is 12.6.